The van der Waals surface area contributed by atoms with Crippen LogP contribution in [0.1, 0.15) is 37.6 Å². The molecule has 39 heavy (non-hydrogen) atoms. The second kappa shape index (κ2) is 10.2. The molecule has 3 aromatic heterocycles. The minimum absolute atomic E-state index is 0.118. The number of carbonyl (C=O) groups excluding carboxylic acids is 1. The van der Waals surface area contributed by atoms with Crippen molar-refractivity contribution < 1.29 is 13.9 Å². The number of halogens is 1. The Balaban J connectivity index is 1.37. The third-order valence-corrected chi connectivity index (χ3v) is 6.32. The van der Waals surface area contributed by atoms with Crippen molar-refractivity contribution in [2.24, 2.45) is 0 Å². The topological polar surface area (TPSA) is 94.8 Å². The number of ether oxygens (including phenoxy) is 1. The normalized spacial score (nSPS) is 11.5. The second-order valence-corrected chi connectivity index (χ2v) is 10.4. The molecular weight excluding hydrogens is 495 g/mol. The first-order chi connectivity index (χ1) is 18.6. The number of hydrogen-bond donors (Lipinski definition) is 1. The van der Waals surface area contributed by atoms with E-state index in [2.05, 4.69) is 25.4 Å². The van der Waals surface area contributed by atoms with E-state index < -0.39 is 5.82 Å². The Hall–Kier alpha value is -4.66. The maximum atomic E-state index is 15.1. The predicted octanol–water partition coefficient (Wildman–Crippen LogP) is 6.37. The predicted molar refractivity (Wildman–Crippen MR) is 148 cm³/mol. The Morgan fingerprint density at radius 1 is 1.00 bits per heavy atom. The standard InChI is InChI=1S/C30H29FN6O2/c1-18-12-21(14-28(38)36-22-16-35-37(17-22)30(3,4)5)24(31)15-27(18)39-26-8-9-33-25-7-6-20(13-23(25)26)29-19(2)32-10-11-34-29/h6-13,15-17H,14H2,1-5H3,(H,36,38). The molecule has 0 unspecified atom stereocenters. The number of aryl methyl sites for hydroxylation is 2. The molecule has 198 valence electrons. The highest BCUT2D eigenvalue weighted by Gasteiger charge is 2.17. The average Bonchev–Trinajstić information content (AvgIpc) is 3.36. The van der Waals surface area contributed by atoms with Crippen molar-refractivity contribution in [3.63, 3.8) is 0 Å². The Morgan fingerprint density at radius 2 is 1.79 bits per heavy atom. The lowest BCUT2D eigenvalue weighted by atomic mass is 10.1. The van der Waals surface area contributed by atoms with Crippen LogP contribution in [-0.2, 0) is 16.8 Å². The maximum Gasteiger partial charge on any atom is 0.228 e. The smallest absolute Gasteiger partial charge is 0.228 e. The summed E-state index contributed by atoms with van der Waals surface area (Å²) in [6, 6.07) is 10.5. The summed E-state index contributed by atoms with van der Waals surface area (Å²) in [6.45, 7) is 9.77. The van der Waals surface area contributed by atoms with Crippen LogP contribution in [0.5, 0.6) is 11.5 Å². The monoisotopic (exact) mass is 524 g/mol. The molecule has 5 aromatic rings. The SMILES string of the molecule is Cc1cc(CC(=O)Nc2cnn(C(C)(C)C)c2)c(F)cc1Oc1ccnc2ccc(-c3nccnc3C)cc12. The van der Waals surface area contributed by atoms with Gasteiger partial charge in [-0.15, -0.1) is 0 Å². The fraction of sp³-hybridized carbons (Fsp3) is 0.233. The van der Waals surface area contributed by atoms with Crippen LogP contribution < -0.4 is 10.1 Å². The van der Waals surface area contributed by atoms with Gasteiger partial charge in [-0.2, -0.15) is 5.10 Å². The number of amides is 1. The van der Waals surface area contributed by atoms with E-state index in [1.54, 1.807) is 47.8 Å². The van der Waals surface area contributed by atoms with Crippen molar-refractivity contribution in [1.82, 2.24) is 24.7 Å². The number of hydrogen-bond acceptors (Lipinski definition) is 6. The molecule has 0 aliphatic carbocycles. The van der Waals surface area contributed by atoms with Crippen LogP contribution in [0.2, 0.25) is 0 Å². The molecule has 0 fully saturated rings. The number of carbonyl (C=O) groups is 1. The van der Waals surface area contributed by atoms with Gasteiger partial charge in [-0.25, -0.2) is 4.39 Å². The number of nitrogens with one attached hydrogen (secondary N) is 1. The summed E-state index contributed by atoms with van der Waals surface area (Å²) in [5.74, 6) is 0.0386. The number of anilines is 1. The van der Waals surface area contributed by atoms with Crippen molar-refractivity contribution in [2.45, 2.75) is 46.6 Å². The second-order valence-electron chi connectivity index (χ2n) is 10.4. The summed E-state index contributed by atoms with van der Waals surface area (Å²) in [5, 5.41) is 7.83. The van der Waals surface area contributed by atoms with Crippen LogP contribution in [-0.4, -0.2) is 30.6 Å². The molecule has 9 heteroatoms. The lowest BCUT2D eigenvalue weighted by Gasteiger charge is -2.18. The largest absolute Gasteiger partial charge is 0.456 e. The molecule has 8 nitrogen and oxygen atoms in total. The van der Waals surface area contributed by atoms with Crippen molar-refractivity contribution >= 4 is 22.5 Å². The summed E-state index contributed by atoms with van der Waals surface area (Å²) in [5.41, 5.74) is 4.52. The van der Waals surface area contributed by atoms with Crippen LogP contribution >= 0.6 is 0 Å². The van der Waals surface area contributed by atoms with Gasteiger partial charge in [0, 0.05) is 41.8 Å². The van der Waals surface area contributed by atoms with E-state index in [9.17, 15) is 4.79 Å². The Morgan fingerprint density at radius 3 is 2.54 bits per heavy atom. The van der Waals surface area contributed by atoms with Gasteiger partial charge in [0.2, 0.25) is 5.91 Å². The van der Waals surface area contributed by atoms with Crippen LogP contribution in [0.3, 0.4) is 0 Å². The van der Waals surface area contributed by atoms with Crippen LogP contribution in [0.4, 0.5) is 10.1 Å². The Labute approximate surface area is 225 Å². The molecular formula is C30H29FN6O2. The highest BCUT2D eigenvalue weighted by Crippen LogP contribution is 2.34. The number of aromatic nitrogens is 5. The first kappa shape index (κ1) is 26.0. The molecule has 0 radical (unpaired) electrons. The average molecular weight is 525 g/mol. The molecule has 0 bridgehead atoms. The van der Waals surface area contributed by atoms with Gasteiger partial charge in [-0.05, 0) is 70.0 Å². The molecule has 3 heterocycles. The van der Waals surface area contributed by atoms with Gasteiger partial charge in [0.25, 0.3) is 0 Å². The number of rotatable bonds is 6. The van der Waals surface area contributed by atoms with E-state index in [0.29, 0.717) is 22.7 Å². The first-order valence-electron chi connectivity index (χ1n) is 12.6. The summed E-state index contributed by atoms with van der Waals surface area (Å²) < 4.78 is 23.1. The number of nitrogens with zero attached hydrogens (tertiary/aromatic N) is 5. The lowest BCUT2D eigenvalue weighted by molar-refractivity contribution is -0.115. The van der Waals surface area contributed by atoms with E-state index in [0.717, 1.165) is 27.9 Å². The van der Waals surface area contributed by atoms with Crippen LogP contribution in [0, 0.1) is 19.7 Å². The molecule has 0 saturated heterocycles. The Kier molecular flexibility index (Phi) is 6.82. The highest BCUT2D eigenvalue weighted by atomic mass is 19.1. The van der Waals surface area contributed by atoms with Crippen molar-refractivity contribution in [3.8, 4) is 22.8 Å². The number of benzene rings is 2. The first-order valence-corrected chi connectivity index (χ1v) is 12.6. The van der Waals surface area contributed by atoms with E-state index >= 15 is 4.39 Å². The van der Waals surface area contributed by atoms with E-state index in [1.807, 2.05) is 52.8 Å². The number of fused-ring (bicyclic) bond motifs is 1. The lowest BCUT2D eigenvalue weighted by Crippen LogP contribution is -2.22. The summed E-state index contributed by atoms with van der Waals surface area (Å²) in [6.07, 6.45) is 8.18. The zero-order chi connectivity index (χ0) is 27.7. The summed E-state index contributed by atoms with van der Waals surface area (Å²) >= 11 is 0. The Bertz CT molecular complexity index is 1690. The molecule has 1 N–H and O–H groups in total. The van der Waals surface area contributed by atoms with E-state index in [4.69, 9.17) is 4.74 Å². The van der Waals surface area contributed by atoms with E-state index in [-0.39, 0.29) is 23.4 Å². The van der Waals surface area contributed by atoms with Gasteiger partial charge in [0.1, 0.15) is 17.3 Å². The summed E-state index contributed by atoms with van der Waals surface area (Å²) in [7, 11) is 0. The fourth-order valence-electron chi connectivity index (χ4n) is 4.27. The molecule has 0 aliphatic rings. The summed E-state index contributed by atoms with van der Waals surface area (Å²) in [4.78, 5) is 25.9. The third kappa shape index (κ3) is 5.62. The zero-order valence-electron chi connectivity index (χ0n) is 22.5. The minimum atomic E-state index is -0.523. The van der Waals surface area contributed by atoms with Crippen LogP contribution in [0.25, 0.3) is 22.2 Å². The van der Waals surface area contributed by atoms with Gasteiger partial charge in [0.05, 0.1) is 40.7 Å². The van der Waals surface area contributed by atoms with Crippen molar-refractivity contribution in [3.05, 3.63) is 90.0 Å². The van der Waals surface area contributed by atoms with Gasteiger partial charge >= 0.3 is 0 Å². The molecule has 1 amide bonds. The minimum Gasteiger partial charge on any atom is -0.456 e. The molecule has 2 aromatic carbocycles. The van der Waals surface area contributed by atoms with Crippen molar-refractivity contribution in [1.29, 1.82) is 0 Å². The van der Waals surface area contributed by atoms with Gasteiger partial charge < -0.3 is 10.1 Å². The third-order valence-electron chi connectivity index (χ3n) is 6.32. The molecule has 5 rings (SSSR count). The molecule has 0 saturated carbocycles. The van der Waals surface area contributed by atoms with Gasteiger partial charge in [-0.3, -0.25) is 24.4 Å². The maximum absolute atomic E-state index is 15.1. The zero-order valence-corrected chi connectivity index (χ0v) is 22.5. The molecule has 0 spiro atoms. The number of pyridine rings is 1. The van der Waals surface area contributed by atoms with E-state index in [1.165, 1.54) is 6.07 Å². The van der Waals surface area contributed by atoms with Crippen molar-refractivity contribution in [2.75, 3.05) is 5.32 Å². The quantitative estimate of drug-likeness (QED) is 0.277. The fourth-order valence-corrected chi connectivity index (χ4v) is 4.27. The van der Waals surface area contributed by atoms with Gasteiger partial charge in [-0.1, -0.05) is 6.07 Å². The molecule has 0 aliphatic heterocycles. The molecule has 0 atom stereocenters. The van der Waals surface area contributed by atoms with Crippen LogP contribution in [0.15, 0.2) is 67.4 Å². The van der Waals surface area contributed by atoms with Gasteiger partial charge in [0.15, 0.2) is 0 Å². The highest BCUT2D eigenvalue weighted by molar-refractivity contribution is 5.92.